The lowest BCUT2D eigenvalue weighted by Gasteiger charge is -1.89. The summed E-state index contributed by atoms with van der Waals surface area (Å²) in [5.41, 5.74) is 1.04. The predicted molar refractivity (Wildman–Crippen MR) is 60.9 cm³/mol. The lowest BCUT2D eigenvalue weighted by Crippen LogP contribution is -1.75. The van der Waals surface area contributed by atoms with E-state index >= 15 is 0 Å². The third kappa shape index (κ3) is 1.19. The van der Waals surface area contributed by atoms with Gasteiger partial charge in [-0.3, -0.25) is 0 Å². The molecule has 1 aliphatic carbocycles. The maximum Gasteiger partial charge on any atom is 0.135 e. The van der Waals surface area contributed by atoms with Crippen molar-refractivity contribution in [3.8, 4) is 0 Å². The van der Waals surface area contributed by atoms with E-state index < -0.39 is 0 Å². The molecule has 0 unspecified atom stereocenters. The van der Waals surface area contributed by atoms with Crippen molar-refractivity contribution in [1.29, 1.82) is 0 Å². The van der Waals surface area contributed by atoms with E-state index in [1.807, 2.05) is 12.1 Å². The minimum absolute atomic E-state index is 0.708. The summed E-state index contributed by atoms with van der Waals surface area (Å²) in [6, 6.07) is 8.27. The molecule has 1 heterocycles. The molecule has 0 N–H and O–H groups in total. The minimum Gasteiger partial charge on any atom is -0.460 e. The van der Waals surface area contributed by atoms with Crippen LogP contribution in [-0.2, 0) is 0 Å². The molecular formula is C11H9IO. The summed E-state index contributed by atoms with van der Waals surface area (Å²) in [6.07, 6.45) is 2.60. The zero-order chi connectivity index (χ0) is 8.84. The Morgan fingerprint density at radius 2 is 2.00 bits per heavy atom. The van der Waals surface area contributed by atoms with Gasteiger partial charge in [0, 0.05) is 11.3 Å². The molecule has 1 saturated carbocycles. The van der Waals surface area contributed by atoms with Crippen LogP contribution in [0, 0.1) is 3.57 Å². The van der Waals surface area contributed by atoms with Crippen molar-refractivity contribution in [2.75, 3.05) is 0 Å². The zero-order valence-electron chi connectivity index (χ0n) is 7.09. The number of hydrogen-bond donors (Lipinski definition) is 0. The van der Waals surface area contributed by atoms with Gasteiger partial charge in [-0.1, -0.05) is 18.2 Å². The van der Waals surface area contributed by atoms with Crippen molar-refractivity contribution < 1.29 is 4.42 Å². The van der Waals surface area contributed by atoms with Crippen molar-refractivity contribution in [3.63, 3.8) is 0 Å². The smallest absolute Gasteiger partial charge is 0.135 e. The summed E-state index contributed by atoms with van der Waals surface area (Å²) in [7, 11) is 0. The SMILES string of the molecule is Ic1c(C2CC2)oc2ccccc12. The predicted octanol–water partition coefficient (Wildman–Crippen LogP) is 3.91. The molecule has 1 nitrogen and oxygen atoms in total. The second kappa shape index (κ2) is 2.74. The van der Waals surface area contributed by atoms with Gasteiger partial charge in [0.05, 0.1) is 3.57 Å². The van der Waals surface area contributed by atoms with Crippen LogP contribution in [-0.4, -0.2) is 0 Å². The Morgan fingerprint density at radius 3 is 2.69 bits per heavy atom. The van der Waals surface area contributed by atoms with Crippen LogP contribution in [0.15, 0.2) is 28.7 Å². The van der Waals surface area contributed by atoms with Crippen LogP contribution in [0.1, 0.15) is 24.5 Å². The maximum atomic E-state index is 5.82. The summed E-state index contributed by atoms with van der Waals surface area (Å²) in [6.45, 7) is 0. The first kappa shape index (κ1) is 7.85. The average Bonchev–Trinajstić information content (AvgIpc) is 2.94. The molecule has 1 fully saturated rings. The molecule has 3 rings (SSSR count). The summed E-state index contributed by atoms with van der Waals surface area (Å²) >= 11 is 2.40. The first-order chi connectivity index (χ1) is 6.36. The molecule has 0 atom stereocenters. The largest absolute Gasteiger partial charge is 0.460 e. The fraction of sp³-hybridized carbons (Fsp3) is 0.273. The molecule has 0 amide bonds. The Kier molecular flexibility index (Phi) is 1.65. The van der Waals surface area contributed by atoms with Gasteiger partial charge in [0.15, 0.2) is 0 Å². The van der Waals surface area contributed by atoms with E-state index in [-0.39, 0.29) is 0 Å². The van der Waals surface area contributed by atoms with Crippen LogP contribution in [0.3, 0.4) is 0 Å². The van der Waals surface area contributed by atoms with Gasteiger partial charge >= 0.3 is 0 Å². The molecule has 0 spiro atoms. The summed E-state index contributed by atoms with van der Waals surface area (Å²) in [4.78, 5) is 0. The molecule has 1 aromatic carbocycles. The Labute approximate surface area is 90.3 Å². The number of benzene rings is 1. The van der Waals surface area contributed by atoms with Gasteiger partial charge in [0.1, 0.15) is 11.3 Å². The number of halogens is 1. The van der Waals surface area contributed by atoms with Gasteiger partial charge in [-0.15, -0.1) is 0 Å². The molecule has 0 aliphatic heterocycles. The quantitative estimate of drug-likeness (QED) is 0.723. The second-order valence-corrected chi connectivity index (χ2v) is 4.63. The normalized spacial score (nSPS) is 16.7. The average molecular weight is 284 g/mol. The van der Waals surface area contributed by atoms with Gasteiger partial charge in [0.2, 0.25) is 0 Å². The molecule has 0 saturated heterocycles. The van der Waals surface area contributed by atoms with Crippen LogP contribution >= 0.6 is 22.6 Å². The van der Waals surface area contributed by atoms with Crippen LogP contribution < -0.4 is 0 Å². The third-order valence-corrected chi connectivity index (χ3v) is 3.62. The third-order valence-electron chi connectivity index (χ3n) is 2.51. The Balaban J connectivity index is 2.30. The maximum absolute atomic E-state index is 5.82. The van der Waals surface area contributed by atoms with E-state index in [4.69, 9.17) is 4.42 Å². The fourth-order valence-electron chi connectivity index (χ4n) is 1.64. The number of rotatable bonds is 1. The highest BCUT2D eigenvalue weighted by Crippen LogP contribution is 2.45. The Bertz CT molecular complexity index is 454. The van der Waals surface area contributed by atoms with Crippen LogP contribution in [0.4, 0.5) is 0 Å². The lowest BCUT2D eigenvalue weighted by atomic mass is 10.2. The van der Waals surface area contributed by atoms with Gasteiger partial charge in [0.25, 0.3) is 0 Å². The van der Waals surface area contributed by atoms with Crippen LogP contribution in [0.5, 0.6) is 0 Å². The van der Waals surface area contributed by atoms with Crippen molar-refractivity contribution in [2.45, 2.75) is 18.8 Å². The molecule has 1 aliphatic rings. The lowest BCUT2D eigenvalue weighted by molar-refractivity contribution is 0.549. The van der Waals surface area contributed by atoms with E-state index in [1.165, 1.54) is 27.6 Å². The van der Waals surface area contributed by atoms with E-state index in [0.29, 0.717) is 5.92 Å². The molecule has 2 aromatic rings. The number of hydrogen-bond acceptors (Lipinski definition) is 1. The highest BCUT2D eigenvalue weighted by molar-refractivity contribution is 14.1. The first-order valence-corrected chi connectivity index (χ1v) is 5.61. The molecule has 1 aromatic heterocycles. The highest BCUT2D eigenvalue weighted by Gasteiger charge is 2.30. The Hall–Kier alpha value is -0.510. The first-order valence-electron chi connectivity index (χ1n) is 4.53. The number of fused-ring (bicyclic) bond motifs is 1. The second-order valence-electron chi connectivity index (χ2n) is 3.55. The van der Waals surface area contributed by atoms with Crippen LogP contribution in [0.25, 0.3) is 11.0 Å². The zero-order valence-corrected chi connectivity index (χ0v) is 9.24. The fourth-order valence-corrected chi connectivity index (χ4v) is 2.64. The van der Waals surface area contributed by atoms with Crippen molar-refractivity contribution in [1.82, 2.24) is 0 Å². The summed E-state index contributed by atoms with van der Waals surface area (Å²) in [5, 5.41) is 1.27. The van der Waals surface area contributed by atoms with Crippen LogP contribution in [0.2, 0.25) is 0 Å². The van der Waals surface area contributed by atoms with Crippen molar-refractivity contribution in [3.05, 3.63) is 33.6 Å². The van der Waals surface area contributed by atoms with Crippen molar-refractivity contribution in [2.24, 2.45) is 0 Å². The number of para-hydroxylation sites is 1. The van der Waals surface area contributed by atoms with Gasteiger partial charge < -0.3 is 4.42 Å². The van der Waals surface area contributed by atoms with E-state index in [2.05, 4.69) is 34.7 Å². The molecule has 0 radical (unpaired) electrons. The van der Waals surface area contributed by atoms with Gasteiger partial charge in [-0.05, 0) is 41.5 Å². The summed E-state index contributed by atoms with van der Waals surface area (Å²) in [5.74, 6) is 1.92. The minimum atomic E-state index is 0.708. The Morgan fingerprint density at radius 1 is 1.23 bits per heavy atom. The molecule has 0 bridgehead atoms. The van der Waals surface area contributed by atoms with Gasteiger partial charge in [-0.2, -0.15) is 0 Å². The molecular weight excluding hydrogens is 275 g/mol. The standard InChI is InChI=1S/C11H9IO/c12-10-8-3-1-2-4-9(8)13-11(10)7-5-6-7/h1-4,7H,5-6H2. The monoisotopic (exact) mass is 284 g/mol. The van der Waals surface area contributed by atoms with E-state index in [1.54, 1.807) is 0 Å². The topological polar surface area (TPSA) is 13.1 Å². The van der Waals surface area contributed by atoms with E-state index in [0.717, 1.165) is 5.58 Å². The number of furan rings is 1. The summed E-state index contributed by atoms with van der Waals surface area (Å²) < 4.78 is 7.13. The molecule has 2 heteroatoms. The molecule has 66 valence electrons. The van der Waals surface area contributed by atoms with Crippen molar-refractivity contribution >= 4 is 33.6 Å². The van der Waals surface area contributed by atoms with Gasteiger partial charge in [-0.25, -0.2) is 0 Å². The van der Waals surface area contributed by atoms with E-state index in [9.17, 15) is 0 Å². The molecule has 13 heavy (non-hydrogen) atoms. The highest BCUT2D eigenvalue weighted by atomic mass is 127.